The highest BCUT2D eigenvalue weighted by molar-refractivity contribution is 5.93. The standard InChI is InChI=1S/C13H16O6/c1-16-9-7-5-6-8(10(9)17-2)11(18-3)12(19-4)13(14)15/h5-7H,1-4H3,(H,14,15). The van der Waals surface area contributed by atoms with E-state index >= 15 is 0 Å². The van der Waals surface area contributed by atoms with E-state index in [1.54, 1.807) is 18.2 Å². The number of aliphatic carboxylic acids is 1. The zero-order valence-electron chi connectivity index (χ0n) is 11.2. The topological polar surface area (TPSA) is 74.2 Å². The molecule has 0 heterocycles. The van der Waals surface area contributed by atoms with Gasteiger partial charge in [-0.2, -0.15) is 0 Å². The Labute approximate surface area is 111 Å². The van der Waals surface area contributed by atoms with Crippen LogP contribution in [0.2, 0.25) is 0 Å². The molecule has 1 aromatic carbocycles. The van der Waals surface area contributed by atoms with Crippen LogP contribution in [-0.4, -0.2) is 39.5 Å². The molecule has 0 aliphatic rings. The van der Waals surface area contributed by atoms with Crippen molar-refractivity contribution in [3.63, 3.8) is 0 Å². The highest BCUT2D eigenvalue weighted by Gasteiger charge is 2.22. The monoisotopic (exact) mass is 268 g/mol. The van der Waals surface area contributed by atoms with Gasteiger partial charge in [0.05, 0.1) is 34.0 Å². The first-order valence-electron chi connectivity index (χ1n) is 5.37. The van der Waals surface area contributed by atoms with Crippen molar-refractivity contribution in [1.82, 2.24) is 0 Å². The van der Waals surface area contributed by atoms with Crippen molar-refractivity contribution >= 4 is 11.7 Å². The Balaban J connectivity index is 3.53. The molecule has 0 radical (unpaired) electrons. The van der Waals surface area contributed by atoms with Gasteiger partial charge in [0, 0.05) is 0 Å². The third kappa shape index (κ3) is 2.90. The number of rotatable bonds is 6. The minimum absolute atomic E-state index is 0.0609. The van der Waals surface area contributed by atoms with Crippen molar-refractivity contribution in [2.75, 3.05) is 28.4 Å². The van der Waals surface area contributed by atoms with Gasteiger partial charge in [-0.05, 0) is 12.1 Å². The van der Waals surface area contributed by atoms with Crippen LogP contribution in [0.15, 0.2) is 24.0 Å². The Kier molecular flexibility index (Phi) is 5.05. The van der Waals surface area contributed by atoms with Crippen molar-refractivity contribution in [2.45, 2.75) is 0 Å². The van der Waals surface area contributed by atoms with Crippen LogP contribution in [-0.2, 0) is 14.3 Å². The van der Waals surface area contributed by atoms with E-state index in [9.17, 15) is 4.79 Å². The lowest BCUT2D eigenvalue weighted by Crippen LogP contribution is -2.08. The van der Waals surface area contributed by atoms with E-state index in [0.29, 0.717) is 17.1 Å². The molecule has 0 saturated carbocycles. The van der Waals surface area contributed by atoms with Gasteiger partial charge >= 0.3 is 5.97 Å². The highest BCUT2D eigenvalue weighted by Crippen LogP contribution is 2.36. The van der Waals surface area contributed by atoms with Crippen LogP contribution in [0.4, 0.5) is 0 Å². The Morgan fingerprint density at radius 3 is 2.16 bits per heavy atom. The second kappa shape index (κ2) is 6.53. The van der Waals surface area contributed by atoms with Crippen LogP contribution < -0.4 is 9.47 Å². The average Bonchev–Trinajstić information content (AvgIpc) is 2.43. The van der Waals surface area contributed by atoms with E-state index in [1.165, 1.54) is 28.4 Å². The summed E-state index contributed by atoms with van der Waals surface area (Å²) >= 11 is 0. The maximum absolute atomic E-state index is 11.1. The van der Waals surface area contributed by atoms with Crippen LogP contribution in [0.25, 0.3) is 5.76 Å². The van der Waals surface area contributed by atoms with Crippen LogP contribution in [0.1, 0.15) is 5.56 Å². The zero-order valence-corrected chi connectivity index (χ0v) is 11.2. The van der Waals surface area contributed by atoms with E-state index in [-0.39, 0.29) is 11.5 Å². The van der Waals surface area contributed by atoms with Gasteiger partial charge in [0.1, 0.15) is 0 Å². The van der Waals surface area contributed by atoms with Crippen LogP contribution in [0, 0.1) is 0 Å². The fourth-order valence-corrected chi connectivity index (χ4v) is 1.67. The second-order valence-corrected chi connectivity index (χ2v) is 3.41. The molecule has 1 rings (SSSR count). The number of carboxylic acid groups (broad SMARTS) is 1. The second-order valence-electron chi connectivity index (χ2n) is 3.41. The van der Waals surface area contributed by atoms with Crippen LogP contribution >= 0.6 is 0 Å². The molecular formula is C13H16O6. The van der Waals surface area contributed by atoms with Crippen molar-refractivity contribution < 1.29 is 28.8 Å². The Hall–Kier alpha value is -2.37. The molecule has 19 heavy (non-hydrogen) atoms. The van der Waals surface area contributed by atoms with Gasteiger partial charge in [0.25, 0.3) is 0 Å². The molecule has 6 heteroatoms. The number of methoxy groups -OCH3 is 4. The number of hydrogen-bond acceptors (Lipinski definition) is 5. The van der Waals surface area contributed by atoms with Crippen molar-refractivity contribution in [3.8, 4) is 11.5 Å². The lowest BCUT2D eigenvalue weighted by atomic mass is 10.1. The minimum atomic E-state index is -1.23. The first kappa shape index (κ1) is 14.7. The number of benzene rings is 1. The van der Waals surface area contributed by atoms with Gasteiger partial charge in [-0.15, -0.1) is 0 Å². The molecule has 6 nitrogen and oxygen atoms in total. The molecule has 0 unspecified atom stereocenters. The van der Waals surface area contributed by atoms with E-state index in [1.807, 2.05) is 0 Å². The van der Waals surface area contributed by atoms with Gasteiger partial charge in [0.2, 0.25) is 5.76 Å². The van der Waals surface area contributed by atoms with Crippen molar-refractivity contribution in [2.24, 2.45) is 0 Å². The Bertz CT molecular complexity index is 492. The first-order valence-corrected chi connectivity index (χ1v) is 5.37. The van der Waals surface area contributed by atoms with Crippen LogP contribution in [0.3, 0.4) is 0 Å². The van der Waals surface area contributed by atoms with Gasteiger partial charge in [0.15, 0.2) is 17.3 Å². The molecular weight excluding hydrogens is 252 g/mol. The summed E-state index contributed by atoms with van der Waals surface area (Å²) in [6.45, 7) is 0. The fourth-order valence-electron chi connectivity index (χ4n) is 1.67. The number of carbonyl (C=O) groups is 1. The molecule has 0 saturated heterocycles. The smallest absolute Gasteiger partial charge is 0.375 e. The van der Waals surface area contributed by atoms with E-state index < -0.39 is 5.97 Å². The van der Waals surface area contributed by atoms with E-state index in [4.69, 9.17) is 24.1 Å². The summed E-state index contributed by atoms with van der Waals surface area (Å²) in [5.74, 6) is -0.642. The molecule has 0 spiro atoms. The SMILES string of the molecule is COC(C(=O)O)=C(OC)c1cccc(OC)c1OC. The van der Waals surface area contributed by atoms with Crippen molar-refractivity contribution in [1.29, 1.82) is 0 Å². The summed E-state index contributed by atoms with van der Waals surface area (Å²) < 4.78 is 20.4. The number of para-hydroxylation sites is 1. The molecule has 1 N–H and O–H groups in total. The quantitative estimate of drug-likeness (QED) is 0.626. The normalized spacial score (nSPS) is 11.4. The maximum atomic E-state index is 11.1. The molecule has 1 aromatic rings. The molecule has 0 aliphatic heterocycles. The molecule has 0 aliphatic carbocycles. The third-order valence-corrected chi connectivity index (χ3v) is 2.46. The predicted molar refractivity (Wildman–Crippen MR) is 68.1 cm³/mol. The Morgan fingerprint density at radius 2 is 1.74 bits per heavy atom. The number of ether oxygens (including phenoxy) is 4. The van der Waals surface area contributed by atoms with E-state index in [2.05, 4.69) is 0 Å². The molecule has 0 aromatic heterocycles. The number of carboxylic acids is 1. The summed E-state index contributed by atoms with van der Waals surface area (Å²) in [7, 11) is 5.57. The van der Waals surface area contributed by atoms with Gasteiger partial charge in [-0.3, -0.25) is 0 Å². The summed E-state index contributed by atoms with van der Waals surface area (Å²) in [6.07, 6.45) is 0. The summed E-state index contributed by atoms with van der Waals surface area (Å²) in [6, 6.07) is 5.05. The molecule has 0 amide bonds. The molecule has 0 bridgehead atoms. The molecule has 0 fully saturated rings. The van der Waals surface area contributed by atoms with Gasteiger partial charge < -0.3 is 24.1 Å². The van der Waals surface area contributed by atoms with Crippen LogP contribution in [0.5, 0.6) is 11.5 Å². The average molecular weight is 268 g/mol. The summed E-state index contributed by atoms with van der Waals surface area (Å²) in [5.41, 5.74) is 0.434. The van der Waals surface area contributed by atoms with Gasteiger partial charge in [-0.25, -0.2) is 4.79 Å². The first-order chi connectivity index (χ1) is 9.10. The molecule has 0 atom stereocenters. The highest BCUT2D eigenvalue weighted by atomic mass is 16.5. The molecule has 104 valence electrons. The lowest BCUT2D eigenvalue weighted by molar-refractivity contribution is -0.136. The largest absolute Gasteiger partial charge is 0.493 e. The zero-order chi connectivity index (χ0) is 14.4. The maximum Gasteiger partial charge on any atom is 0.375 e. The van der Waals surface area contributed by atoms with Gasteiger partial charge in [-0.1, -0.05) is 6.07 Å². The third-order valence-electron chi connectivity index (χ3n) is 2.46. The minimum Gasteiger partial charge on any atom is -0.493 e. The van der Waals surface area contributed by atoms with Crippen molar-refractivity contribution in [3.05, 3.63) is 29.5 Å². The summed E-state index contributed by atoms with van der Waals surface area (Å²) in [4.78, 5) is 11.1. The Morgan fingerprint density at radius 1 is 1.05 bits per heavy atom. The predicted octanol–water partition coefficient (Wildman–Crippen LogP) is 1.75. The van der Waals surface area contributed by atoms with E-state index in [0.717, 1.165) is 0 Å². The number of hydrogen-bond donors (Lipinski definition) is 1. The summed E-state index contributed by atoms with van der Waals surface area (Å²) in [5, 5.41) is 9.09. The lowest BCUT2D eigenvalue weighted by Gasteiger charge is -2.15. The fraction of sp³-hybridized carbons (Fsp3) is 0.308.